The van der Waals surface area contributed by atoms with E-state index in [0.717, 1.165) is 13.0 Å². The summed E-state index contributed by atoms with van der Waals surface area (Å²) in [5.41, 5.74) is 1.55. The van der Waals surface area contributed by atoms with E-state index in [1.54, 1.807) is 10.4 Å². The van der Waals surface area contributed by atoms with E-state index in [1.165, 1.54) is 30.6 Å². The van der Waals surface area contributed by atoms with Gasteiger partial charge in [-0.15, -0.1) is 17.8 Å². The van der Waals surface area contributed by atoms with E-state index < -0.39 is 0 Å². The van der Waals surface area contributed by atoms with E-state index in [9.17, 15) is 0 Å². The smallest absolute Gasteiger partial charge is 0.104 e. The molecular weight excluding hydrogens is 214 g/mol. The molecule has 0 saturated heterocycles. The standard InChI is InChI=1S/C14H19NS/c1-3-9-15-12(4-2)14-10-11-7-5-6-8-13(11)16-14/h2,10,12,15H,3,5-9H2,1H3. The monoisotopic (exact) mass is 233 g/mol. The molecule has 86 valence electrons. The highest BCUT2D eigenvalue weighted by Gasteiger charge is 2.17. The summed E-state index contributed by atoms with van der Waals surface area (Å²) in [7, 11) is 0. The maximum Gasteiger partial charge on any atom is 0.104 e. The van der Waals surface area contributed by atoms with Crippen LogP contribution in [0.3, 0.4) is 0 Å². The van der Waals surface area contributed by atoms with Crippen molar-refractivity contribution in [1.82, 2.24) is 5.32 Å². The van der Waals surface area contributed by atoms with Crippen LogP contribution in [-0.4, -0.2) is 6.54 Å². The van der Waals surface area contributed by atoms with Crippen molar-refractivity contribution in [1.29, 1.82) is 0 Å². The topological polar surface area (TPSA) is 12.0 Å². The van der Waals surface area contributed by atoms with Gasteiger partial charge in [0.25, 0.3) is 0 Å². The van der Waals surface area contributed by atoms with Crippen LogP contribution < -0.4 is 5.32 Å². The summed E-state index contributed by atoms with van der Waals surface area (Å²) < 4.78 is 0. The molecule has 1 nitrogen and oxygen atoms in total. The van der Waals surface area contributed by atoms with Crippen LogP contribution in [0.15, 0.2) is 6.07 Å². The Kier molecular flexibility index (Phi) is 4.04. The first kappa shape index (κ1) is 11.7. The van der Waals surface area contributed by atoms with E-state index in [1.807, 2.05) is 11.3 Å². The van der Waals surface area contributed by atoms with Gasteiger partial charge < -0.3 is 0 Å². The molecule has 1 unspecified atom stereocenters. The molecule has 0 spiro atoms. The molecule has 1 heterocycles. The Morgan fingerprint density at radius 1 is 1.50 bits per heavy atom. The quantitative estimate of drug-likeness (QED) is 0.787. The first-order chi connectivity index (χ1) is 7.85. The predicted molar refractivity (Wildman–Crippen MR) is 70.8 cm³/mol. The molecule has 1 N–H and O–H groups in total. The van der Waals surface area contributed by atoms with Gasteiger partial charge in [-0.05, 0) is 50.3 Å². The van der Waals surface area contributed by atoms with E-state index in [4.69, 9.17) is 6.42 Å². The molecule has 0 saturated carbocycles. The number of aryl methyl sites for hydroxylation is 2. The van der Waals surface area contributed by atoms with Crippen LogP contribution in [0.2, 0.25) is 0 Å². The molecule has 2 rings (SSSR count). The van der Waals surface area contributed by atoms with Gasteiger partial charge in [-0.25, -0.2) is 0 Å². The van der Waals surface area contributed by atoms with Crippen LogP contribution in [0.25, 0.3) is 0 Å². The van der Waals surface area contributed by atoms with E-state index in [0.29, 0.717) is 0 Å². The first-order valence-electron chi connectivity index (χ1n) is 6.16. The zero-order valence-corrected chi connectivity index (χ0v) is 10.7. The van der Waals surface area contributed by atoms with Crippen molar-refractivity contribution in [3.63, 3.8) is 0 Å². The van der Waals surface area contributed by atoms with Crippen LogP contribution in [-0.2, 0) is 12.8 Å². The molecule has 0 bridgehead atoms. The molecule has 2 heteroatoms. The summed E-state index contributed by atoms with van der Waals surface area (Å²) in [4.78, 5) is 2.91. The molecule has 1 aliphatic rings. The molecule has 0 aromatic carbocycles. The first-order valence-corrected chi connectivity index (χ1v) is 6.97. The van der Waals surface area contributed by atoms with Crippen LogP contribution in [0.4, 0.5) is 0 Å². The van der Waals surface area contributed by atoms with Crippen molar-refractivity contribution in [2.24, 2.45) is 0 Å². The molecule has 1 atom stereocenters. The van der Waals surface area contributed by atoms with Gasteiger partial charge in [-0.3, -0.25) is 5.32 Å². The van der Waals surface area contributed by atoms with Crippen molar-refractivity contribution in [3.05, 3.63) is 21.4 Å². The highest BCUT2D eigenvalue weighted by Crippen LogP contribution is 2.32. The SMILES string of the molecule is C#CC(NCCC)c1cc2c(s1)CCCC2. The Balaban J connectivity index is 2.13. The summed E-state index contributed by atoms with van der Waals surface area (Å²) >= 11 is 1.91. The van der Waals surface area contributed by atoms with Crippen LogP contribution in [0.5, 0.6) is 0 Å². The highest BCUT2D eigenvalue weighted by molar-refractivity contribution is 7.12. The Labute approximate surface area is 102 Å². The van der Waals surface area contributed by atoms with Crippen molar-refractivity contribution < 1.29 is 0 Å². The average molecular weight is 233 g/mol. The van der Waals surface area contributed by atoms with Crippen LogP contribution in [0, 0.1) is 12.3 Å². The maximum absolute atomic E-state index is 5.60. The minimum Gasteiger partial charge on any atom is -0.299 e. The lowest BCUT2D eigenvalue weighted by atomic mass is 9.99. The van der Waals surface area contributed by atoms with Gasteiger partial charge in [0.1, 0.15) is 6.04 Å². The second-order valence-corrected chi connectivity index (χ2v) is 5.53. The van der Waals surface area contributed by atoms with E-state index >= 15 is 0 Å². The number of rotatable bonds is 4. The summed E-state index contributed by atoms with van der Waals surface area (Å²) in [6, 6.07) is 2.45. The third-order valence-corrected chi connectivity index (χ3v) is 4.37. The molecular formula is C14H19NS. The molecule has 0 aliphatic heterocycles. The largest absolute Gasteiger partial charge is 0.299 e. The van der Waals surface area contributed by atoms with E-state index in [-0.39, 0.29) is 6.04 Å². The third-order valence-electron chi connectivity index (χ3n) is 3.07. The number of hydrogen-bond acceptors (Lipinski definition) is 2. The van der Waals surface area contributed by atoms with Gasteiger partial charge in [-0.1, -0.05) is 12.8 Å². The van der Waals surface area contributed by atoms with E-state index in [2.05, 4.69) is 24.2 Å². The van der Waals surface area contributed by atoms with Gasteiger partial charge in [-0.2, -0.15) is 0 Å². The normalized spacial score (nSPS) is 16.5. The van der Waals surface area contributed by atoms with Gasteiger partial charge in [0.15, 0.2) is 0 Å². The maximum atomic E-state index is 5.60. The molecule has 0 fully saturated rings. The van der Waals surface area contributed by atoms with Gasteiger partial charge in [0, 0.05) is 9.75 Å². The number of nitrogens with one attached hydrogen (secondary N) is 1. The molecule has 0 amide bonds. The Morgan fingerprint density at radius 2 is 2.31 bits per heavy atom. The number of hydrogen-bond donors (Lipinski definition) is 1. The van der Waals surface area contributed by atoms with Crippen molar-refractivity contribution in [2.45, 2.75) is 45.1 Å². The minimum atomic E-state index is 0.121. The number of terminal acetylenes is 1. The molecule has 1 aromatic heterocycles. The fourth-order valence-electron chi connectivity index (χ4n) is 2.19. The zero-order valence-electron chi connectivity index (χ0n) is 9.88. The Bertz CT molecular complexity index is 362. The highest BCUT2D eigenvalue weighted by atomic mass is 32.1. The Morgan fingerprint density at radius 3 is 3.00 bits per heavy atom. The van der Waals surface area contributed by atoms with Crippen molar-refractivity contribution >= 4 is 11.3 Å². The lowest BCUT2D eigenvalue weighted by molar-refractivity contribution is 0.633. The Hall–Kier alpha value is -0.780. The van der Waals surface area contributed by atoms with Crippen LogP contribution >= 0.6 is 11.3 Å². The number of fused-ring (bicyclic) bond motifs is 1. The molecule has 1 aliphatic carbocycles. The minimum absolute atomic E-state index is 0.121. The summed E-state index contributed by atoms with van der Waals surface area (Å²) in [6.07, 6.45) is 11.9. The summed E-state index contributed by atoms with van der Waals surface area (Å²) in [6.45, 7) is 3.16. The molecule has 1 aromatic rings. The second kappa shape index (κ2) is 5.52. The average Bonchev–Trinajstić information content (AvgIpc) is 2.73. The van der Waals surface area contributed by atoms with Crippen molar-refractivity contribution in [2.75, 3.05) is 6.54 Å². The summed E-state index contributed by atoms with van der Waals surface area (Å²) in [5, 5.41) is 3.42. The number of thiophene rings is 1. The molecule has 16 heavy (non-hydrogen) atoms. The fourth-order valence-corrected chi connectivity index (χ4v) is 3.48. The third kappa shape index (κ3) is 2.48. The lowest BCUT2D eigenvalue weighted by Crippen LogP contribution is -2.19. The van der Waals surface area contributed by atoms with Gasteiger partial charge >= 0.3 is 0 Å². The second-order valence-electron chi connectivity index (χ2n) is 4.36. The predicted octanol–water partition coefficient (Wildman–Crippen LogP) is 3.30. The fraction of sp³-hybridized carbons (Fsp3) is 0.571. The lowest BCUT2D eigenvalue weighted by Gasteiger charge is -2.09. The molecule has 0 radical (unpaired) electrons. The van der Waals surface area contributed by atoms with Gasteiger partial charge in [0.2, 0.25) is 0 Å². The van der Waals surface area contributed by atoms with Crippen molar-refractivity contribution in [3.8, 4) is 12.3 Å². The van der Waals surface area contributed by atoms with Gasteiger partial charge in [0.05, 0.1) is 0 Å². The zero-order chi connectivity index (χ0) is 11.4. The summed E-state index contributed by atoms with van der Waals surface area (Å²) in [5.74, 6) is 2.86. The van der Waals surface area contributed by atoms with Crippen LogP contribution in [0.1, 0.15) is 47.5 Å².